The van der Waals surface area contributed by atoms with E-state index in [2.05, 4.69) is 51.7 Å². The summed E-state index contributed by atoms with van der Waals surface area (Å²) in [5, 5.41) is 3.35. The maximum Gasteiger partial charge on any atom is 0.142 e. The zero-order valence-electron chi connectivity index (χ0n) is 10.7. The highest BCUT2D eigenvalue weighted by atomic mass is 127. The fourth-order valence-electron chi connectivity index (χ4n) is 1.68. The van der Waals surface area contributed by atoms with Gasteiger partial charge < -0.3 is 5.32 Å². The van der Waals surface area contributed by atoms with Crippen molar-refractivity contribution in [2.45, 2.75) is 46.0 Å². The average Bonchev–Trinajstić information content (AvgIpc) is 2.30. The lowest BCUT2D eigenvalue weighted by Crippen LogP contribution is -2.05. The van der Waals surface area contributed by atoms with Crippen LogP contribution in [0.4, 0.5) is 5.82 Å². The largest absolute Gasteiger partial charge is 0.369 e. The molecule has 1 N–H and O–H groups in total. The molecule has 0 amide bonds. The van der Waals surface area contributed by atoms with E-state index in [0.717, 1.165) is 21.9 Å². The van der Waals surface area contributed by atoms with Crippen LogP contribution in [0.25, 0.3) is 0 Å². The number of anilines is 1. The molecule has 0 aliphatic rings. The van der Waals surface area contributed by atoms with Crippen LogP contribution in [-0.2, 0) is 0 Å². The van der Waals surface area contributed by atoms with Crippen molar-refractivity contribution < 1.29 is 0 Å². The Morgan fingerprint density at radius 3 is 2.71 bits per heavy atom. The monoisotopic (exact) mass is 347 g/mol. The first kappa shape index (κ1) is 14.7. The van der Waals surface area contributed by atoms with Crippen molar-refractivity contribution in [1.29, 1.82) is 0 Å². The number of nitrogens with one attached hydrogen (secondary N) is 1. The summed E-state index contributed by atoms with van der Waals surface area (Å²) in [6.45, 7) is 5.59. The molecule has 0 fully saturated rings. The van der Waals surface area contributed by atoms with E-state index >= 15 is 0 Å². The van der Waals surface area contributed by atoms with Crippen molar-refractivity contribution in [2.24, 2.45) is 5.92 Å². The molecular weight excluding hydrogens is 325 g/mol. The standard InChI is InChI=1S/C13H22IN3/c1-11(2)7-5-3-4-6-8-16-13-12(14)9-15-10-17-13/h9-11H,3-8H2,1-2H3,(H,15,16,17). The number of rotatable bonds is 8. The van der Waals surface area contributed by atoms with Crippen molar-refractivity contribution in [1.82, 2.24) is 9.97 Å². The first-order chi connectivity index (χ1) is 8.20. The molecule has 0 saturated carbocycles. The third-order valence-corrected chi connectivity index (χ3v) is 3.46. The van der Waals surface area contributed by atoms with Crippen LogP contribution in [-0.4, -0.2) is 16.5 Å². The van der Waals surface area contributed by atoms with Crippen LogP contribution in [0.3, 0.4) is 0 Å². The predicted octanol–water partition coefficient (Wildman–Crippen LogP) is 4.10. The maximum atomic E-state index is 4.21. The highest BCUT2D eigenvalue weighted by molar-refractivity contribution is 14.1. The minimum atomic E-state index is 0.843. The Morgan fingerprint density at radius 1 is 1.24 bits per heavy atom. The summed E-state index contributed by atoms with van der Waals surface area (Å²) in [5.74, 6) is 1.80. The van der Waals surface area contributed by atoms with Gasteiger partial charge in [-0.05, 0) is 34.9 Å². The lowest BCUT2D eigenvalue weighted by molar-refractivity contribution is 0.523. The lowest BCUT2D eigenvalue weighted by atomic mass is 10.0. The molecule has 1 aromatic rings. The van der Waals surface area contributed by atoms with Crippen LogP contribution in [0.2, 0.25) is 0 Å². The van der Waals surface area contributed by atoms with Gasteiger partial charge in [0.2, 0.25) is 0 Å². The van der Waals surface area contributed by atoms with Gasteiger partial charge in [-0.1, -0.05) is 39.5 Å². The Kier molecular flexibility index (Phi) is 7.48. The zero-order chi connectivity index (χ0) is 12.5. The summed E-state index contributed by atoms with van der Waals surface area (Å²) in [5.41, 5.74) is 0. The number of aromatic nitrogens is 2. The van der Waals surface area contributed by atoms with Crippen LogP contribution >= 0.6 is 22.6 Å². The molecule has 0 bridgehead atoms. The minimum Gasteiger partial charge on any atom is -0.369 e. The first-order valence-electron chi connectivity index (χ1n) is 6.39. The first-order valence-corrected chi connectivity index (χ1v) is 7.47. The summed E-state index contributed by atoms with van der Waals surface area (Å²) in [7, 11) is 0. The van der Waals surface area contributed by atoms with Gasteiger partial charge in [0.05, 0.1) is 3.57 Å². The highest BCUT2D eigenvalue weighted by Crippen LogP contribution is 2.13. The number of unbranched alkanes of at least 4 members (excludes halogenated alkanes) is 3. The van der Waals surface area contributed by atoms with Crippen molar-refractivity contribution in [3.05, 3.63) is 16.1 Å². The Hall–Kier alpha value is -0.390. The van der Waals surface area contributed by atoms with Gasteiger partial charge in [0.25, 0.3) is 0 Å². The van der Waals surface area contributed by atoms with E-state index in [9.17, 15) is 0 Å². The van der Waals surface area contributed by atoms with E-state index in [1.165, 1.54) is 32.1 Å². The molecular formula is C13H22IN3. The molecule has 0 aromatic carbocycles. The van der Waals surface area contributed by atoms with Crippen molar-refractivity contribution in [2.75, 3.05) is 11.9 Å². The average molecular weight is 347 g/mol. The number of nitrogens with zero attached hydrogens (tertiary/aromatic N) is 2. The van der Waals surface area contributed by atoms with E-state index in [-0.39, 0.29) is 0 Å². The summed E-state index contributed by atoms with van der Waals surface area (Å²) >= 11 is 2.25. The quantitative estimate of drug-likeness (QED) is 0.568. The molecule has 0 spiro atoms. The highest BCUT2D eigenvalue weighted by Gasteiger charge is 1.99. The van der Waals surface area contributed by atoms with Gasteiger partial charge in [-0.25, -0.2) is 9.97 Å². The van der Waals surface area contributed by atoms with Crippen molar-refractivity contribution in [3.8, 4) is 0 Å². The normalized spacial score (nSPS) is 10.8. The van der Waals surface area contributed by atoms with Gasteiger partial charge in [0.1, 0.15) is 12.1 Å². The summed E-state index contributed by atoms with van der Waals surface area (Å²) in [6.07, 6.45) is 10.0. The number of halogens is 1. The Balaban J connectivity index is 2.03. The molecule has 1 aromatic heterocycles. The van der Waals surface area contributed by atoms with Gasteiger partial charge in [-0.3, -0.25) is 0 Å². The van der Waals surface area contributed by atoms with Crippen LogP contribution in [0.1, 0.15) is 46.0 Å². The summed E-state index contributed by atoms with van der Waals surface area (Å²) in [4.78, 5) is 8.18. The fraction of sp³-hybridized carbons (Fsp3) is 0.692. The molecule has 0 aliphatic heterocycles. The molecule has 0 saturated heterocycles. The fourth-order valence-corrected chi connectivity index (χ4v) is 2.17. The molecule has 0 aliphatic carbocycles. The molecule has 0 unspecified atom stereocenters. The molecule has 3 nitrogen and oxygen atoms in total. The zero-order valence-corrected chi connectivity index (χ0v) is 12.9. The Labute approximate surface area is 118 Å². The van der Waals surface area contributed by atoms with Gasteiger partial charge in [-0.2, -0.15) is 0 Å². The third-order valence-electron chi connectivity index (χ3n) is 2.67. The van der Waals surface area contributed by atoms with E-state index in [1.54, 1.807) is 6.33 Å². The van der Waals surface area contributed by atoms with Crippen LogP contribution in [0.5, 0.6) is 0 Å². The summed E-state index contributed by atoms with van der Waals surface area (Å²) in [6, 6.07) is 0. The molecule has 1 rings (SSSR count). The van der Waals surface area contributed by atoms with Gasteiger partial charge in [0, 0.05) is 12.7 Å². The van der Waals surface area contributed by atoms with Crippen LogP contribution < -0.4 is 5.32 Å². The minimum absolute atomic E-state index is 0.843. The number of hydrogen-bond acceptors (Lipinski definition) is 3. The molecule has 96 valence electrons. The van der Waals surface area contributed by atoms with E-state index < -0.39 is 0 Å². The Morgan fingerprint density at radius 2 is 2.00 bits per heavy atom. The second-order valence-electron chi connectivity index (χ2n) is 4.74. The van der Waals surface area contributed by atoms with Crippen molar-refractivity contribution in [3.63, 3.8) is 0 Å². The topological polar surface area (TPSA) is 37.8 Å². The molecule has 0 radical (unpaired) electrons. The molecule has 17 heavy (non-hydrogen) atoms. The van der Waals surface area contributed by atoms with Gasteiger partial charge in [0.15, 0.2) is 0 Å². The third kappa shape index (κ3) is 6.81. The molecule has 1 heterocycles. The van der Waals surface area contributed by atoms with Gasteiger partial charge >= 0.3 is 0 Å². The van der Waals surface area contributed by atoms with E-state index in [0.29, 0.717) is 0 Å². The predicted molar refractivity (Wildman–Crippen MR) is 81.2 cm³/mol. The van der Waals surface area contributed by atoms with Crippen molar-refractivity contribution >= 4 is 28.4 Å². The molecule has 4 heteroatoms. The second kappa shape index (κ2) is 8.66. The maximum absolute atomic E-state index is 4.21. The van der Waals surface area contributed by atoms with E-state index in [1.807, 2.05) is 6.20 Å². The molecule has 0 atom stereocenters. The van der Waals surface area contributed by atoms with Crippen LogP contribution in [0, 0.1) is 9.49 Å². The number of hydrogen-bond donors (Lipinski definition) is 1. The van der Waals surface area contributed by atoms with E-state index in [4.69, 9.17) is 0 Å². The summed E-state index contributed by atoms with van der Waals surface area (Å²) < 4.78 is 1.09. The van der Waals surface area contributed by atoms with Gasteiger partial charge in [-0.15, -0.1) is 0 Å². The second-order valence-corrected chi connectivity index (χ2v) is 5.90. The SMILES string of the molecule is CC(C)CCCCCCNc1ncncc1I. The van der Waals surface area contributed by atoms with Crippen LogP contribution in [0.15, 0.2) is 12.5 Å². The smallest absolute Gasteiger partial charge is 0.142 e. The lowest BCUT2D eigenvalue weighted by Gasteiger charge is -2.07. The Bertz CT molecular complexity index is 315.